The monoisotopic (exact) mass is 623 g/mol. The molecule has 0 spiro atoms. The second kappa shape index (κ2) is 14.8. The number of fused-ring (bicyclic) bond motifs is 1. The molecule has 3 aromatic carbocycles. The summed E-state index contributed by atoms with van der Waals surface area (Å²) in [7, 11) is 5.29. The van der Waals surface area contributed by atoms with Crippen LogP contribution in [0, 0.1) is 6.92 Å². The van der Waals surface area contributed by atoms with E-state index in [0.29, 0.717) is 47.0 Å². The zero-order chi connectivity index (χ0) is 32.6. The zero-order valence-corrected chi connectivity index (χ0v) is 26.9. The van der Waals surface area contributed by atoms with E-state index in [1.165, 1.54) is 7.11 Å². The first kappa shape index (κ1) is 32.3. The van der Waals surface area contributed by atoms with Crippen molar-refractivity contribution in [2.24, 2.45) is 0 Å². The Bertz CT molecular complexity index is 1750. The van der Waals surface area contributed by atoms with Crippen LogP contribution in [0.25, 0.3) is 10.9 Å². The molecule has 1 saturated heterocycles. The molecule has 0 unspecified atom stereocenters. The number of benzene rings is 3. The molecule has 1 fully saturated rings. The Balaban J connectivity index is 1.22. The molecule has 4 aromatic rings. The molecule has 0 saturated carbocycles. The Kier molecular flexibility index (Phi) is 10.4. The molecule has 2 amide bonds. The molecule has 46 heavy (non-hydrogen) atoms. The summed E-state index contributed by atoms with van der Waals surface area (Å²) in [5.41, 5.74) is 4.48. The molecule has 0 aliphatic carbocycles. The van der Waals surface area contributed by atoms with E-state index in [0.717, 1.165) is 61.2 Å². The van der Waals surface area contributed by atoms with Crippen LogP contribution in [-0.2, 0) is 4.79 Å². The smallest absolute Gasteiger partial charge is 0.258 e. The van der Waals surface area contributed by atoms with Crippen molar-refractivity contribution in [2.75, 3.05) is 64.2 Å². The van der Waals surface area contributed by atoms with Crippen LogP contribution in [0.2, 0.25) is 0 Å². The average molecular weight is 624 g/mol. The van der Waals surface area contributed by atoms with Gasteiger partial charge in [0.2, 0.25) is 0 Å². The van der Waals surface area contributed by atoms with E-state index in [-0.39, 0.29) is 11.8 Å². The average Bonchev–Trinajstić information content (AvgIpc) is 3.56. The van der Waals surface area contributed by atoms with Crippen molar-refractivity contribution in [1.82, 2.24) is 14.8 Å². The number of ether oxygens (including phenoxy) is 2. The quantitative estimate of drug-likeness (QED) is 0.158. The van der Waals surface area contributed by atoms with Gasteiger partial charge in [0, 0.05) is 50.4 Å². The number of nitrogens with zero attached hydrogens (tertiary/aromatic N) is 3. The van der Waals surface area contributed by atoms with E-state index in [1.54, 1.807) is 42.4 Å². The first-order valence-electron chi connectivity index (χ1n) is 15.5. The Morgan fingerprint density at radius 3 is 2.57 bits per heavy atom. The number of aryl methyl sites for hydroxylation is 1. The number of para-hydroxylation sites is 1. The van der Waals surface area contributed by atoms with Crippen LogP contribution >= 0.6 is 0 Å². The fourth-order valence-electron chi connectivity index (χ4n) is 5.64. The lowest BCUT2D eigenvalue weighted by atomic mass is 10.1. The van der Waals surface area contributed by atoms with Gasteiger partial charge in [-0.25, -0.2) is 4.79 Å². The number of carbonyl (C=O) groups is 2. The van der Waals surface area contributed by atoms with Gasteiger partial charge in [0.25, 0.3) is 11.8 Å². The van der Waals surface area contributed by atoms with Gasteiger partial charge >= 0.3 is 0 Å². The fourth-order valence-corrected chi connectivity index (χ4v) is 5.64. The summed E-state index contributed by atoms with van der Waals surface area (Å²) in [6, 6.07) is 18.1. The van der Waals surface area contributed by atoms with E-state index >= 15 is 0 Å². The molecule has 0 radical (unpaired) electrons. The molecule has 240 valence electrons. The lowest BCUT2D eigenvalue weighted by molar-refractivity contribution is 0.0990. The number of hydrogen-bond donors (Lipinski definition) is 2. The minimum absolute atomic E-state index is 0.256. The summed E-state index contributed by atoms with van der Waals surface area (Å²) in [5.74, 6) is 2.58. The van der Waals surface area contributed by atoms with E-state index in [2.05, 4.69) is 33.1 Å². The number of allylic oxidation sites excluding steroid dienone is 1. The summed E-state index contributed by atoms with van der Waals surface area (Å²) < 4.78 is 11.7. The Labute approximate surface area is 269 Å². The van der Waals surface area contributed by atoms with Gasteiger partial charge in [-0.1, -0.05) is 18.2 Å². The third-order valence-corrected chi connectivity index (χ3v) is 8.38. The zero-order valence-electron chi connectivity index (χ0n) is 26.9. The van der Waals surface area contributed by atoms with Crippen molar-refractivity contribution in [3.63, 3.8) is 0 Å². The number of carbonyl (C=O) groups excluding carboxylic acids is 3. The maximum Gasteiger partial charge on any atom is 0.258 e. The standard InChI is InChI=1S/C36H41N5O5/c1-25-11-14-31(33(22-25)46-21-6-5-9-28(24-42)41-19-17-39(2)18-20-41)40(3)36(44)27-12-13-30(32(23-27)45-4)38-35(43)29-10-7-8-26-15-16-37-34(26)29/h7-8,10-16,22-23,37H,5-6,9,17-21H2,1-4H3,(H,38,43). The molecule has 0 bridgehead atoms. The van der Waals surface area contributed by atoms with Gasteiger partial charge in [-0.3, -0.25) is 9.59 Å². The molecule has 1 aromatic heterocycles. The molecular formula is C36H41N5O5. The van der Waals surface area contributed by atoms with Crippen LogP contribution in [0.1, 0.15) is 45.5 Å². The second-order valence-corrected chi connectivity index (χ2v) is 11.6. The van der Waals surface area contributed by atoms with Crippen molar-refractivity contribution >= 4 is 40.0 Å². The number of anilines is 2. The van der Waals surface area contributed by atoms with Crippen LogP contribution in [0.5, 0.6) is 11.5 Å². The van der Waals surface area contributed by atoms with E-state index < -0.39 is 0 Å². The number of aromatic nitrogens is 1. The minimum Gasteiger partial charge on any atom is -0.495 e. The highest BCUT2D eigenvalue weighted by atomic mass is 16.5. The Morgan fingerprint density at radius 2 is 1.80 bits per heavy atom. The summed E-state index contributed by atoms with van der Waals surface area (Å²) in [6.07, 6.45) is 4.01. The fraction of sp³-hybridized carbons (Fsp3) is 0.333. The summed E-state index contributed by atoms with van der Waals surface area (Å²) in [4.78, 5) is 47.4. The predicted octanol–water partition coefficient (Wildman–Crippen LogP) is 5.53. The van der Waals surface area contributed by atoms with Crippen LogP contribution in [0.15, 0.2) is 72.6 Å². The number of rotatable bonds is 12. The van der Waals surface area contributed by atoms with E-state index in [9.17, 15) is 14.4 Å². The molecular weight excluding hydrogens is 582 g/mol. The van der Waals surface area contributed by atoms with Crippen molar-refractivity contribution < 1.29 is 23.9 Å². The van der Waals surface area contributed by atoms with Crippen molar-refractivity contribution in [1.29, 1.82) is 0 Å². The number of methoxy groups -OCH3 is 1. The highest BCUT2D eigenvalue weighted by molar-refractivity contribution is 6.13. The van der Waals surface area contributed by atoms with E-state index in [1.807, 2.05) is 43.3 Å². The number of hydrogen-bond acceptors (Lipinski definition) is 7. The summed E-state index contributed by atoms with van der Waals surface area (Å²) >= 11 is 0. The molecule has 1 aliphatic rings. The van der Waals surface area contributed by atoms with Crippen LogP contribution in [0.4, 0.5) is 11.4 Å². The van der Waals surface area contributed by atoms with Gasteiger partial charge in [0.05, 0.1) is 41.9 Å². The third kappa shape index (κ3) is 7.42. The normalized spacial score (nSPS) is 13.3. The summed E-state index contributed by atoms with van der Waals surface area (Å²) in [6.45, 7) is 6.00. The number of unbranched alkanes of at least 4 members (excludes halogenated alkanes) is 1. The van der Waals surface area contributed by atoms with E-state index in [4.69, 9.17) is 9.47 Å². The highest BCUT2D eigenvalue weighted by Gasteiger charge is 2.21. The van der Waals surface area contributed by atoms with Gasteiger partial charge in [0.1, 0.15) is 17.4 Å². The lowest BCUT2D eigenvalue weighted by Crippen LogP contribution is -2.44. The number of nitrogens with one attached hydrogen (secondary N) is 2. The maximum atomic E-state index is 13.7. The van der Waals surface area contributed by atoms with Gasteiger partial charge in [-0.15, -0.1) is 0 Å². The molecule has 2 N–H and O–H groups in total. The molecule has 1 aliphatic heterocycles. The first-order chi connectivity index (χ1) is 22.3. The SMILES string of the molecule is COc1cc(C(=O)N(C)c2ccc(C)cc2OCCCCC(=C=O)N2CCN(C)CC2)ccc1NC(=O)c1cccc2cc[nH]c12. The summed E-state index contributed by atoms with van der Waals surface area (Å²) in [5, 5.41) is 3.85. The Hall–Kier alpha value is -5.05. The van der Waals surface area contributed by atoms with Crippen LogP contribution < -0.4 is 19.7 Å². The highest BCUT2D eigenvalue weighted by Crippen LogP contribution is 2.32. The number of likely N-dealkylation sites (N-methyl/N-ethyl adjacent to an activating group) is 1. The van der Waals surface area contributed by atoms with Gasteiger partial charge in [0.15, 0.2) is 0 Å². The van der Waals surface area contributed by atoms with Crippen LogP contribution in [0.3, 0.4) is 0 Å². The number of piperazine rings is 1. The van der Waals surface area contributed by atoms with Gasteiger partial charge in [-0.05, 0) is 81.3 Å². The molecule has 5 rings (SSSR count). The molecule has 2 heterocycles. The lowest BCUT2D eigenvalue weighted by Gasteiger charge is -2.34. The topological polar surface area (TPSA) is 107 Å². The predicted molar refractivity (Wildman–Crippen MR) is 181 cm³/mol. The molecule has 10 nitrogen and oxygen atoms in total. The minimum atomic E-state index is -0.290. The van der Waals surface area contributed by atoms with Gasteiger partial charge < -0.3 is 34.5 Å². The largest absolute Gasteiger partial charge is 0.495 e. The van der Waals surface area contributed by atoms with Crippen molar-refractivity contribution in [3.8, 4) is 11.5 Å². The van der Waals surface area contributed by atoms with Crippen LogP contribution in [-0.4, -0.2) is 86.5 Å². The number of amides is 2. The van der Waals surface area contributed by atoms with Crippen molar-refractivity contribution in [2.45, 2.75) is 26.2 Å². The number of H-pyrrole nitrogens is 1. The third-order valence-electron chi connectivity index (χ3n) is 8.38. The maximum absolute atomic E-state index is 13.7. The first-order valence-corrected chi connectivity index (χ1v) is 15.5. The van der Waals surface area contributed by atoms with Crippen molar-refractivity contribution in [3.05, 3.63) is 89.2 Å². The second-order valence-electron chi connectivity index (χ2n) is 11.6. The van der Waals surface area contributed by atoms with Gasteiger partial charge in [-0.2, -0.15) is 0 Å². The Morgan fingerprint density at radius 1 is 1.00 bits per heavy atom. The number of aromatic amines is 1. The molecule has 0 atom stereocenters. The molecule has 10 heteroatoms.